The minimum absolute atomic E-state index is 0.159. The van der Waals surface area contributed by atoms with E-state index in [4.69, 9.17) is 5.11 Å². The quantitative estimate of drug-likeness (QED) is 0.735. The van der Waals surface area contributed by atoms with E-state index in [1.165, 1.54) is 0 Å². The Bertz CT molecular complexity index is 185. The van der Waals surface area contributed by atoms with Crippen LogP contribution in [0.2, 0.25) is 0 Å². The molecule has 0 radical (unpaired) electrons. The first-order chi connectivity index (χ1) is 6.34. The van der Waals surface area contributed by atoms with Crippen LogP contribution in [0.5, 0.6) is 0 Å². The van der Waals surface area contributed by atoms with Crippen LogP contribution in [0.3, 0.4) is 0 Å². The van der Waals surface area contributed by atoms with Gasteiger partial charge in [0.05, 0.1) is 12.0 Å². The number of hydrogen-bond acceptors (Lipinski definition) is 2. The molecular weight excluding hydrogens is 316 g/mol. The van der Waals surface area contributed by atoms with Gasteiger partial charge in [-0.3, -0.25) is 4.79 Å². The Labute approximate surface area is 101 Å². The molecule has 0 aromatic rings. The molecule has 2 unspecified atom stereocenters. The van der Waals surface area contributed by atoms with Crippen LogP contribution < -0.4 is 0 Å². The summed E-state index contributed by atoms with van der Waals surface area (Å²) in [5.74, 6) is -1.26. The monoisotopic (exact) mass is 330 g/mol. The first-order valence-electron chi connectivity index (χ1n) is 4.53. The van der Waals surface area contributed by atoms with Gasteiger partial charge in [0.2, 0.25) is 0 Å². The number of aliphatic hydroxyl groups is 1. The number of hydrogen-bond donors (Lipinski definition) is 2. The van der Waals surface area contributed by atoms with Crippen molar-refractivity contribution in [2.24, 2.45) is 5.92 Å². The molecule has 0 aliphatic heterocycles. The molecule has 0 fully saturated rings. The zero-order valence-corrected chi connectivity index (χ0v) is 11.5. The molecule has 3 nitrogen and oxygen atoms in total. The number of carboxylic acid groups (broad SMARTS) is 1. The molecule has 0 spiro atoms. The third-order valence-corrected chi connectivity index (χ3v) is 3.34. The van der Waals surface area contributed by atoms with E-state index < -0.39 is 18.0 Å². The van der Waals surface area contributed by atoms with Gasteiger partial charge in [-0.1, -0.05) is 45.7 Å². The van der Waals surface area contributed by atoms with Gasteiger partial charge in [-0.25, -0.2) is 0 Å². The van der Waals surface area contributed by atoms with E-state index in [1.54, 1.807) is 6.92 Å². The molecule has 0 amide bonds. The Morgan fingerprint density at radius 2 is 1.79 bits per heavy atom. The fourth-order valence-corrected chi connectivity index (χ4v) is 2.24. The highest BCUT2D eigenvalue weighted by atomic mass is 79.9. The maximum atomic E-state index is 10.6. The van der Waals surface area contributed by atoms with Gasteiger partial charge in [0.15, 0.2) is 0 Å². The second-order valence-electron chi connectivity index (χ2n) is 3.57. The van der Waals surface area contributed by atoms with Crippen molar-refractivity contribution in [1.82, 2.24) is 0 Å². The molecule has 0 saturated carbocycles. The lowest BCUT2D eigenvalue weighted by Crippen LogP contribution is -2.26. The van der Waals surface area contributed by atoms with E-state index in [0.29, 0.717) is 12.8 Å². The number of aliphatic hydroxyl groups excluding tert-OH is 1. The van der Waals surface area contributed by atoms with Crippen LogP contribution in [0.25, 0.3) is 0 Å². The maximum Gasteiger partial charge on any atom is 0.306 e. The molecule has 0 rings (SSSR count). The third kappa shape index (κ3) is 5.98. The molecule has 0 saturated heterocycles. The minimum atomic E-state index is -0.825. The van der Waals surface area contributed by atoms with Crippen molar-refractivity contribution < 1.29 is 15.0 Å². The van der Waals surface area contributed by atoms with E-state index in [2.05, 4.69) is 31.9 Å². The second-order valence-corrected chi connectivity index (χ2v) is 6.31. The highest BCUT2D eigenvalue weighted by Gasteiger charge is 2.22. The summed E-state index contributed by atoms with van der Waals surface area (Å²) >= 11 is 6.65. The number of carbonyl (C=O) groups is 1. The summed E-state index contributed by atoms with van der Waals surface area (Å²) in [7, 11) is 0. The van der Waals surface area contributed by atoms with Crippen LogP contribution in [0, 0.1) is 5.92 Å². The number of carboxylic acids is 1. The van der Waals surface area contributed by atoms with E-state index >= 15 is 0 Å². The zero-order chi connectivity index (χ0) is 11.3. The average Bonchev–Trinajstić information content (AvgIpc) is 2.02. The summed E-state index contributed by atoms with van der Waals surface area (Å²) in [6, 6.07) is 0. The van der Waals surface area contributed by atoms with E-state index in [9.17, 15) is 9.90 Å². The lowest BCUT2D eigenvalue weighted by atomic mass is 10.0. The van der Waals surface area contributed by atoms with Gasteiger partial charge >= 0.3 is 5.97 Å². The van der Waals surface area contributed by atoms with E-state index in [1.807, 2.05) is 6.92 Å². The lowest BCUT2D eigenvalue weighted by molar-refractivity contribution is -0.141. The standard InChI is InChI=1S/C9H16Br2O3/c1-5(9(13)14)3-7(11)8(12)4-6(2)10/h5-8,12H,3-4H2,1-2H3,(H,13,14)/t5?,6?,7-,8+/m1/s1. The van der Waals surface area contributed by atoms with Crippen molar-refractivity contribution in [3.8, 4) is 0 Å². The fourth-order valence-electron chi connectivity index (χ4n) is 1.08. The number of halogens is 2. The predicted octanol–water partition coefficient (Wildman–Crippen LogP) is 2.40. The molecule has 2 N–H and O–H groups in total. The Balaban J connectivity index is 3.94. The van der Waals surface area contributed by atoms with E-state index in [0.717, 1.165) is 0 Å². The van der Waals surface area contributed by atoms with Crippen molar-refractivity contribution in [2.45, 2.75) is 42.4 Å². The minimum Gasteiger partial charge on any atom is -0.481 e. The molecule has 0 heterocycles. The maximum absolute atomic E-state index is 10.6. The summed E-state index contributed by atoms with van der Waals surface area (Å²) in [5.41, 5.74) is 0. The Kier molecular flexibility index (Phi) is 6.99. The molecule has 4 atom stereocenters. The van der Waals surface area contributed by atoms with Crippen LogP contribution >= 0.6 is 31.9 Å². The third-order valence-electron chi connectivity index (χ3n) is 1.98. The SMILES string of the molecule is CC(Br)C[C@H](O)[C@H](Br)CC(C)C(=O)O. The van der Waals surface area contributed by atoms with Crippen molar-refractivity contribution in [3.05, 3.63) is 0 Å². The molecule has 0 aromatic carbocycles. The normalized spacial score (nSPS) is 19.8. The van der Waals surface area contributed by atoms with Crippen LogP contribution in [-0.4, -0.2) is 31.9 Å². The van der Waals surface area contributed by atoms with Crippen LogP contribution in [-0.2, 0) is 4.79 Å². The largest absolute Gasteiger partial charge is 0.481 e. The van der Waals surface area contributed by atoms with Crippen molar-refractivity contribution in [1.29, 1.82) is 0 Å². The van der Waals surface area contributed by atoms with Crippen LogP contribution in [0.1, 0.15) is 26.7 Å². The lowest BCUT2D eigenvalue weighted by Gasteiger charge is -2.19. The van der Waals surface area contributed by atoms with Gasteiger partial charge in [0.25, 0.3) is 0 Å². The zero-order valence-electron chi connectivity index (χ0n) is 8.28. The highest BCUT2D eigenvalue weighted by molar-refractivity contribution is 9.09. The van der Waals surface area contributed by atoms with Crippen molar-refractivity contribution >= 4 is 37.8 Å². The molecule has 0 aliphatic rings. The van der Waals surface area contributed by atoms with Gasteiger partial charge in [0, 0.05) is 9.65 Å². The number of rotatable bonds is 6. The Morgan fingerprint density at radius 3 is 2.14 bits per heavy atom. The van der Waals surface area contributed by atoms with Gasteiger partial charge in [-0.05, 0) is 12.8 Å². The average molecular weight is 332 g/mol. The molecule has 84 valence electrons. The number of alkyl halides is 2. The van der Waals surface area contributed by atoms with Gasteiger partial charge < -0.3 is 10.2 Å². The summed E-state index contributed by atoms with van der Waals surface area (Å²) in [5, 5.41) is 18.3. The predicted molar refractivity (Wildman–Crippen MR) is 63.1 cm³/mol. The Morgan fingerprint density at radius 1 is 1.29 bits per heavy atom. The van der Waals surface area contributed by atoms with Crippen molar-refractivity contribution in [2.75, 3.05) is 0 Å². The number of aliphatic carboxylic acids is 1. The second kappa shape index (κ2) is 6.80. The molecule has 0 aromatic heterocycles. The molecule has 0 aliphatic carbocycles. The van der Waals surface area contributed by atoms with Crippen LogP contribution in [0.4, 0.5) is 0 Å². The van der Waals surface area contributed by atoms with Gasteiger partial charge in [-0.15, -0.1) is 0 Å². The summed E-state index contributed by atoms with van der Waals surface area (Å²) in [6.45, 7) is 3.59. The van der Waals surface area contributed by atoms with E-state index in [-0.39, 0.29) is 9.65 Å². The molecule has 0 bridgehead atoms. The first-order valence-corrected chi connectivity index (χ1v) is 6.36. The Hall–Kier alpha value is 0.390. The van der Waals surface area contributed by atoms with Crippen molar-refractivity contribution in [3.63, 3.8) is 0 Å². The van der Waals surface area contributed by atoms with Gasteiger partial charge in [-0.2, -0.15) is 0 Å². The first kappa shape index (κ1) is 14.4. The van der Waals surface area contributed by atoms with Gasteiger partial charge in [0.1, 0.15) is 0 Å². The topological polar surface area (TPSA) is 57.5 Å². The molecule has 14 heavy (non-hydrogen) atoms. The summed E-state index contributed by atoms with van der Waals surface area (Å²) in [4.78, 5) is 10.6. The smallest absolute Gasteiger partial charge is 0.306 e. The van der Waals surface area contributed by atoms with Crippen LogP contribution in [0.15, 0.2) is 0 Å². The summed E-state index contributed by atoms with van der Waals surface area (Å²) < 4.78 is 0. The fraction of sp³-hybridized carbons (Fsp3) is 0.889. The highest BCUT2D eigenvalue weighted by Crippen LogP contribution is 2.21. The summed E-state index contributed by atoms with van der Waals surface area (Å²) in [6.07, 6.45) is 0.546. The molecule has 5 heteroatoms. The molecular formula is C9H16Br2O3.